The lowest BCUT2D eigenvalue weighted by Crippen LogP contribution is -2.21. The van der Waals surface area contributed by atoms with Crippen LogP contribution in [-0.4, -0.2) is 17.1 Å². The Morgan fingerprint density at radius 1 is 1.03 bits per heavy atom. The molecular formula is C24H21ClN2O2S. The third-order valence-corrected chi connectivity index (χ3v) is 6.88. The van der Waals surface area contributed by atoms with Gasteiger partial charge in [0.05, 0.1) is 16.2 Å². The molecule has 2 amide bonds. The number of halogens is 1. The molecule has 2 atom stereocenters. The number of aryl methyl sites for hydroxylation is 1. The second kappa shape index (κ2) is 8.17. The standard InChI is InChI=1S/C24H21ClN2O2S/c1-15-6-11-19(18(13-15)22(28)26-17-9-7-16(25)8-10-17)27-23(29)20-14-24(2)12-4-3-5-21(24)30-20/h3-14,21H,1-2H3,(H,26,28)(H,27,29). The fourth-order valence-corrected chi connectivity index (χ4v) is 4.92. The first-order valence-corrected chi connectivity index (χ1v) is 10.8. The SMILES string of the molecule is Cc1ccc(NC(=O)C2=CC3(C)C=CC=CC3S2)c(C(=O)Nc2ccc(Cl)cc2)c1. The number of rotatable bonds is 4. The Balaban J connectivity index is 1.55. The van der Waals surface area contributed by atoms with Crippen LogP contribution < -0.4 is 10.6 Å². The summed E-state index contributed by atoms with van der Waals surface area (Å²) < 4.78 is 0. The van der Waals surface area contributed by atoms with Gasteiger partial charge in [0, 0.05) is 21.4 Å². The number of anilines is 2. The van der Waals surface area contributed by atoms with Gasteiger partial charge in [0.1, 0.15) is 0 Å². The smallest absolute Gasteiger partial charge is 0.261 e. The molecule has 1 aliphatic carbocycles. The molecule has 0 bridgehead atoms. The van der Waals surface area contributed by atoms with Crippen LogP contribution in [0.15, 0.2) is 77.7 Å². The zero-order valence-electron chi connectivity index (χ0n) is 16.6. The number of hydrogen-bond donors (Lipinski definition) is 2. The molecule has 2 aromatic carbocycles. The van der Waals surface area contributed by atoms with E-state index in [0.717, 1.165) is 5.56 Å². The van der Waals surface area contributed by atoms with E-state index < -0.39 is 0 Å². The molecule has 2 unspecified atom stereocenters. The van der Waals surface area contributed by atoms with Gasteiger partial charge in [-0.3, -0.25) is 9.59 Å². The normalized spacial score (nSPS) is 21.7. The van der Waals surface area contributed by atoms with E-state index in [-0.39, 0.29) is 22.5 Å². The average molecular weight is 437 g/mol. The molecule has 0 spiro atoms. The van der Waals surface area contributed by atoms with E-state index in [1.165, 1.54) is 0 Å². The van der Waals surface area contributed by atoms with Crippen molar-refractivity contribution in [3.05, 3.63) is 93.9 Å². The summed E-state index contributed by atoms with van der Waals surface area (Å²) in [7, 11) is 0. The number of amides is 2. The maximum atomic E-state index is 13.0. The minimum Gasteiger partial charge on any atom is -0.322 e. The van der Waals surface area contributed by atoms with Gasteiger partial charge in [-0.25, -0.2) is 0 Å². The van der Waals surface area contributed by atoms with Crippen LogP contribution in [0, 0.1) is 12.3 Å². The van der Waals surface area contributed by atoms with E-state index in [9.17, 15) is 9.59 Å². The molecule has 4 nitrogen and oxygen atoms in total. The molecular weight excluding hydrogens is 416 g/mol. The maximum absolute atomic E-state index is 13.0. The second-order valence-electron chi connectivity index (χ2n) is 7.62. The molecule has 0 radical (unpaired) electrons. The molecule has 2 aromatic rings. The number of thioether (sulfide) groups is 1. The van der Waals surface area contributed by atoms with Gasteiger partial charge >= 0.3 is 0 Å². The molecule has 6 heteroatoms. The molecule has 1 heterocycles. The third-order valence-electron chi connectivity index (χ3n) is 5.16. The first-order valence-electron chi connectivity index (χ1n) is 9.58. The van der Waals surface area contributed by atoms with Crippen LogP contribution in [0.25, 0.3) is 0 Å². The van der Waals surface area contributed by atoms with Gasteiger partial charge in [-0.1, -0.05) is 60.5 Å². The maximum Gasteiger partial charge on any atom is 0.261 e. The molecule has 2 aliphatic rings. The van der Waals surface area contributed by atoms with E-state index >= 15 is 0 Å². The average Bonchev–Trinajstić information content (AvgIpc) is 3.08. The van der Waals surface area contributed by atoms with Crippen LogP contribution in [0.2, 0.25) is 5.02 Å². The zero-order valence-corrected chi connectivity index (χ0v) is 18.2. The Labute approximate surface area is 185 Å². The molecule has 0 saturated heterocycles. The quantitative estimate of drug-likeness (QED) is 0.620. The molecule has 30 heavy (non-hydrogen) atoms. The lowest BCUT2D eigenvalue weighted by atomic mass is 9.83. The minimum atomic E-state index is -0.295. The van der Waals surface area contributed by atoms with Gasteiger partial charge in [0.15, 0.2) is 0 Å². The summed E-state index contributed by atoms with van der Waals surface area (Å²) >= 11 is 7.45. The van der Waals surface area contributed by atoms with Crippen molar-refractivity contribution in [2.45, 2.75) is 19.1 Å². The van der Waals surface area contributed by atoms with Gasteiger partial charge in [-0.15, -0.1) is 11.8 Å². The van der Waals surface area contributed by atoms with Crippen LogP contribution in [0.1, 0.15) is 22.8 Å². The summed E-state index contributed by atoms with van der Waals surface area (Å²) in [5.41, 5.74) is 2.27. The van der Waals surface area contributed by atoms with Crippen molar-refractivity contribution in [2.24, 2.45) is 5.41 Å². The van der Waals surface area contributed by atoms with E-state index in [0.29, 0.717) is 26.9 Å². The molecule has 152 valence electrons. The van der Waals surface area contributed by atoms with Crippen LogP contribution in [0.3, 0.4) is 0 Å². The highest BCUT2D eigenvalue weighted by atomic mass is 35.5. The molecule has 2 N–H and O–H groups in total. The number of benzene rings is 2. The Hall–Kier alpha value is -2.76. The molecule has 0 aromatic heterocycles. The Kier molecular flexibility index (Phi) is 5.58. The van der Waals surface area contributed by atoms with Gasteiger partial charge in [-0.05, 0) is 43.3 Å². The molecule has 0 fully saturated rings. The van der Waals surface area contributed by atoms with Crippen molar-refractivity contribution in [1.29, 1.82) is 0 Å². The molecule has 4 rings (SSSR count). The number of hydrogen-bond acceptors (Lipinski definition) is 3. The highest BCUT2D eigenvalue weighted by Crippen LogP contribution is 2.48. The molecule has 0 saturated carbocycles. The number of nitrogens with one attached hydrogen (secondary N) is 2. The van der Waals surface area contributed by atoms with Crippen molar-refractivity contribution in [3.8, 4) is 0 Å². The Morgan fingerprint density at radius 2 is 1.80 bits per heavy atom. The van der Waals surface area contributed by atoms with Crippen LogP contribution >= 0.6 is 23.4 Å². The summed E-state index contributed by atoms with van der Waals surface area (Å²) in [6, 6.07) is 12.3. The Morgan fingerprint density at radius 3 is 2.53 bits per heavy atom. The third kappa shape index (κ3) is 4.23. The number of allylic oxidation sites excluding steroid dienone is 4. The van der Waals surface area contributed by atoms with E-state index in [1.807, 2.05) is 31.2 Å². The Bertz CT molecular complexity index is 1100. The fourth-order valence-electron chi connectivity index (χ4n) is 3.47. The summed E-state index contributed by atoms with van der Waals surface area (Å²) in [6.07, 6.45) is 10.2. The topological polar surface area (TPSA) is 58.2 Å². The largest absolute Gasteiger partial charge is 0.322 e. The number of carbonyl (C=O) groups is 2. The van der Waals surface area contributed by atoms with Crippen LogP contribution in [0.5, 0.6) is 0 Å². The number of fused-ring (bicyclic) bond motifs is 1. The lowest BCUT2D eigenvalue weighted by Gasteiger charge is -2.25. The minimum absolute atomic E-state index is 0.172. The van der Waals surface area contributed by atoms with Gasteiger partial charge in [0.25, 0.3) is 11.8 Å². The highest BCUT2D eigenvalue weighted by Gasteiger charge is 2.38. The fraction of sp³-hybridized carbons (Fsp3) is 0.167. The zero-order chi connectivity index (χ0) is 21.3. The van der Waals surface area contributed by atoms with Crippen molar-refractivity contribution >= 4 is 46.6 Å². The van der Waals surface area contributed by atoms with Crippen molar-refractivity contribution in [3.63, 3.8) is 0 Å². The first-order chi connectivity index (χ1) is 14.3. The highest BCUT2D eigenvalue weighted by molar-refractivity contribution is 8.05. The lowest BCUT2D eigenvalue weighted by molar-refractivity contribution is -0.112. The van der Waals surface area contributed by atoms with Gasteiger partial charge < -0.3 is 10.6 Å². The van der Waals surface area contributed by atoms with Crippen molar-refractivity contribution < 1.29 is 9.59 Å². The van der Waals surface area contributed by atoms with E-state index in [4.69, 9.17) is 11.6 Å². The van der Waals surface area contributed by atoms with Gasteiger partial charge in [0.2, 0.25) is 0 Å². The van der Waals surface area contributed by atoms with Gasteiger partial charge in [-0.2, -0.15) is 0 Å². The number of carbonyl (C=O) groups excluding carboxylic acids is 2. The molecule has 1 aliphatic heterocycles. The van der Waals surface area contributed by atoms with Crippen molar-refractivity contribution in [2.75, 3.05) is 10.6 Å². The predicted octanol–water partition coefficient (Wildman–Crippen LogP) is 5.97. The van der Waals surface area contributed by atoms with Crippen LogP contribution in [0.4, 0.5) is 11.4 Å². The van der Waals surface area contributed by atoms with E-state index in [2.05, 4.69) is 29.7 Å². The van der Waals surface area contributed by atoms with Crippen molar-refractivity contribution in [1.82, 2.24) is 0 Å². The summed E-state index contributed by atoms with van der Waals surface area (Å²) in [5, 5.41) is 6.58. The summed E-state index contributed by atoms with van der Waals surface area (Å²) in [5.74, 6) is -0.502. The second-order valence-corrected chi connectivity index (χ2v) is 9.24. The monoisotopic (exact) mass is 436 g/mol. The summed E-state index contributed by atoms with van der Waals surface area (Å²) in [4.78, 5) is 26.5. The first kappa shape index (κ1) is 20.5. The predicted molar refractivity (Wildman–Crippen MR) is 125 cm³/mol. The van der Waals surface area contributed by atoms with Crippen LogP contribution in [-0.2, 0) is 4.79 Å². The van der Waals surface area contributed by atoms with E-state index in [1.54, 1.807) is 48.2 Å². The summed E-state index contributed by atoms with van der Waals surface area (Å²) in [6.45, 7) is 4.02.